The van der Waals surface area contributed by atoms with Crippen LogP contribution in [-0.2, 0) is 4.79 Å². The predicted molar refractivity (Wildman–Crippen MR) is 62.3 cm³/mol. The molecule has 0 aliphatic carbocycles. The van der Waals surface area contributed by atoms with Gasteiger partial charge in [0, 0.05) is 30.4 Å². The highest BCUT2D eigenvalue weighted by atomic mass is 79.9. The molecule has 17 heavy (non-hydrogen) atoms. The standard InChI is InChI=1S/C11H10BrF2NO2/c12-4-6-1-11(17)15(5-6)9-3-10(16)8(14)2-7(9)13/h2-3,6,16H,1,4-5H2. The monoisotopic (exact) mass is 305 g/mol. The molecule has 1 unspecified atom stereocenters. The van der Waals surface area contributed by atoms with Crippen LogP contribution < -0.4 is 4.90 Å². The summed E-state index contributed by atoms with van der Waals surface area (Å²) in [6, 6.07) is 1.53. The van der Waals surface area contributed by atoms with Gasteiger partial charge in [-0.25, -0.2) is 8.78 Å². The Hall–Kier alpha value is -1.17. The lowest BCUT2D eigenvalue weighted by molar-refractivity contribution is -0.117. The van der Waals surface area contributed by atoms with Crippen LogP contribution in [0, 0.1) is 17.6 Å². The van der Waals surface area contributed by atoms with Crippen molar-refractivity contribution in [3.05, 3.63) is 23.8 Å². The van der Waals surface area contributed by atoms with E-state index in [1.807, 2.05) is 0 Å². The number of phenolic OH excluding ortho intramolecular Hbond substituents is 1. The maximum Gasteiger partial charge on any atom is 0.227 e. The number of anilines is 1. The van der Waals surface area contributed by atoms with E-state index in [4.69, 9.17) is 0 Å². The number of hydrogen-bond donors (Lipinski definition) is 1. The van der Waals surface area contributed by atoms with E-state index in [9.17, 15) is 18.7 Å². The van der Waals surface area contributed by atoms with Gasteiger partial charge in [0.1, 0.15) is 5.82 Å². The molecule has 1 saturated heterocycles. The lowest BCUT2D eigenvalue weighted by Gasteiger charge is -2.17. The number of amides is 1. The van der Waals surface area contributed by atoms with E-state index in [2.05, 4.69) is 15.9 Å². The van der Waals surface area contributed by atoms with Crippen LogP contribution in [0.1, 0.15) is 6.42 Å². The van der Waals surface area contributed by atoms with Crippen molar-refractivity contribution in [3.8, 4) is 5.75 Å². The van der Waals surface area contributed by atoms with Crippen LogP contribution in [0.15, 0.2) is 12.1 Å². The van der Waals surface area contributed by atoms with Crippen LogP contribution in [0.4, 0.5) is 14.5 Å². The van der Waals surface area contributed by atoms with E-state index in [1.165, 1.54) is 4.90 Å². The quantitative estimate of drug-likeness (QED) is 0.853. The number of nitrogens with zero attached hydrogens (tertiary/aromatic N) is 1. The fourth-order valence-corrected chi connectivity index (χ4v) is 2.28. The molecule has 6 heteroatoms. The highest BCUT2D eigenvalue weighted by Crippen LogP contribution is 2.32. The maximum absolute atomic E-state index is 13.5. The molecule has 1 N–H and O–H groups in total. The van der Waals surface area contributed by atoms with E-state index in [0.29, 0.717) is 24.4 Å². The van der Waals surface area contributed by atoms with Gasteiger partial charge in [-0.2, -0.15) is 0 Å². The Bertz CT molecular complexity index is 467. The summed E-state index contributed by atoms with van der Waals surface area (Å²) in [5.41, 5.74) is -0.0719. The molecule has 1 atom stereocenters. The molecular formula is C11H10BrF2NO2. The Balaban J connectivity index is 2.35. The van der Waals surface area contributed by atoms with Crippen molar-refractivity contribution in [2.45, 2.75) is 6.42 Å². The van der Waals surface area contributed by atoms with Crippen molar-refractivity contribution < 1.29 is 18.7 Å². The summed E-state index contributed by atoms with van der Waals surface area (Å²) in [6.07, 6.45) is 0.322. The Kier molecular flexibility index (Phi) is 3.33. The largest absolute Gasteiger partial charge is 0.505 e. The van der Waals surface area contributed by atoms with Crippen molar-refractivity contribution in [1.29, 1.82) is 0 Å². The fraction of sp³-hybridized carbons (Fsp3) is 0.364. The van der Waals surface area contributed by atoms with E-state index in [0.717, 1.165) is 6.07 Å². The smallest absolute Gasteiger partial charge is 0.227 e. The van der Waals surface area contributed by atoms with Gasteiger partial charge in [-0.1, -0.05) is 15.9 Å². The number of rotatable bonds is 2. The molecule has 0 spiro atoms. The van der Waals surface area contributed by atoms with Crippen LogP contribution in [0.25, 0.3) is 0 Å². The molecule has 0 bridgehead atoms. The molecule has 1 aromatic carbocycles. The van der Waals surface area contributed by atoms with Crippen molar-refractivity contribution in [3.63, 3.8) is 0 Å². The Morgan fingerprint density at radius 1 is 1.41 bits per heavy atom. The van der Waals surface area contributed by atoms with Crippen molar-refractivity contribution in [1.82, 2.24) is 0 Å². The number of benzene rings is 1. The van der Waals surface area contributed by atoms with Crippen LogP contribution in [0.3, 0.4) is 0 Å². The lowest BCUT2D eigenvalue weighted by atomic mass is 10.2. The molecule has 1 heterocycles. The molecule has 1 aliphatic heterocycles. The second-order valence-corrected chi connectivity index (χ2v) is 4.63. The number of aromatic hydroxyl groups is 1. The van der Waals surface area contributed by atoms with Crippen LogP contribution in [-0.4, -0.2) is 22.9 Å². The number of halogens is 3. The van der Waals surface area contributed by atoms with E-state index >= 15 is 0 Å². The first-order valence-electron chi connectivity index (χ1n) is 5.07. The summed E-state index contributed by atoms with van der Waals surface area (Å²) in [4.78, 5) is 12.9. The summed E-state index contributed by atoms with van der Waals surface area (Å²) >= 11 is 3.27. The zero-order valence-electron chi connectivity index (χ0n) is 8.79. The van der Waals surface area contributed by atoms with E-state index < -0.39 is 17.4 Å². The minimum atomic E-state index is -1.03. The molecule has 0 radical (unpaired) electrons. The zero-order chi connectivity index (χ0) is 12.6. The molecule has 92 valence electrons. The summed E-state index contributed by atoms with van der Waals surface area (Å²) in [5.74, 6) is -2.65. The minimum absolute atomic E-state index is 0.0719. The highest BCUT2D eigenvalue weighted by molar-refractivity contribution is 9.09. The van der Waals surface area contributed by atoms with Gasteiger partial charge in [-0.05, 0) is 5.92 Å². The van der Waals surface area contributed by atoms with Gasteiger partial charge < -0.3 is 10.0 Å². The summed E-state index contributed by atoms with van der Waals surface area (Å²) < 4.78 is 26.4. The molecule has 1 aromatic rings. The molecule has 1 fully saturated rings. The lowest BCUT2D eigenvalue weighted by Crippen LogP contribution is -2.25. The van der Waals surface area contributed by atoms with Gasteiger partial charge in [0.05, 0.1) is 5.69 Å². The molecule has 2 rings (SSSR count). The Morgan fingerprint density at radius 2 is 2.12 bits per heavy atom. The maximum atomic E-state index is 13.5. The topological polar surface area (TPSA) is 40.5 Å². The Labute approximate surface area is 105 Å². The van der Waals surface area contributed by atoms with Crippen molar-refractivity contribution in [2.24, 2.45) is 5.92 Å². The van der Waals surface area contributed by atoms with Gasteiger partial charge in [-0.3, -0.25) is 4.79 Å². The first-order valence-corrected chi connectivity index (χ1v) is 6.19. The third-order valence-corrected chi connectivity index (χ3v) is 3.65. The van der Waals surface area contributed by atoms with E-state index in [1.54, 1.807) is 0 Å². The summed E-state index contributed by atoms with van der Waals surface area (Å²) in [6.45, 7) is 0.367. The van der Waals surface area contributed by atoms with Crippen LogP contribution >= 0.6 is 15.9 Å². The Morgan fingerprint density at radius 3 is 2.71 bits per heavy atom. The number of hydrogen-bond acceptors (Lipinski definition) is 2. The van der Waals surface area contributed by atoms with Crippen LogP contribution in [0.2, 0.25) is 0 Å². The number of alkyl halides is 1. The normalized spacial score (nSPS) is 20.1. The molecule has 1 aliphatic rings. The number of carbonyl (C=O) groups is 1. The summed E-state index contributed by atoms with van der Waals surface area (Å²) in [7, 11) is 0. The molecule has 1 amide bonds. The van der Waals surface area contributed by atoms with Gasteiger partial charge in [0.2, 0.25) is 5.91 Å². The van der Waals surface area contributed by atoms with E-state index in [-0.39, 0.29) is 17.5 Å². The average Bonchev–Trinajstić information content (AvgIpc) is 2.65. The van der Waals surface area contributed by atoms with Crippen molar-refractivity contribution in [2.75, 3.05) is 16.8 Å². The third kappa shape index (κ3) is 2.26. The van der Waals surface area contributed by atoms with Gasteiger partial charge in [0.25, 0.3) is 0 Å². The first kappa shape index (κ1) is 12.3. The second kappa shape index (κ2) is 4.60. The SMILES string of the molecule is O=C1CC(CBr)CN1c1cc(O)c(F)cc1F. The van der Waals surface area contributed by atoms with Crippen LogP contribution in [0.5, 0.6) is 5.75 Å². The zero-order valence-corrected chi connectivity index (χ0v) is 10.4. The number of phenols is 1. The summed E-state index contributed by atoms with van der Waals surface area (Å²) in [5, 5.41) is 9.85. The van der Waals surface area contributed by atoms with Crippen molar-refractivity contribution >= 4 is 27.5 Å². The predicted octanol–water partition coefficient (Wildman–Crippen LogP) is 2.42. The first-order chi connectivity index (χ1) is 8.02. The highest BCUT2D eigenvalue weighted by Gasteiger charge is 2.31. The third-order valence-electron chi connectivity index (χ3n) is 2.73. The van der Waals surface area contributed by atoms with Gasteiger partial charge in [0.15, 0.2) is 11.6 Å². The fourth-order valence-electron chi connectivity index (χ4n) is 1.85. The number of carbonyl (C=O) groups excluding carboxylic acids is 1. The second-order valence-electron chi connectivity index (χ2n) is 3.98. The minimum Gasteiger partial charge on any atom is -0.505 e. The molecule has 0 saturated carbocycles. The average molecular weight is 306 g/mol. The molecule has 3 nitrogen and oxygen atoms in total. The molecular weight excluding hydrogens is 296 g/mol. The van der Waals surface area contributed by atoms with Gasteiger partial charge in [-0.15, -0.1) is 0 Å². The molecule has 0 aromatic heterocycles. The van der Waals surface area contributed by atoms with Gasteiger partial charge >= 0.3 is 0 Å².